The lowest BCUT2D eigenvalue weighted by Crippen LogP contribution is -1.94. The van der Waals surface area contributed by atoms with E-state index in [1.807, 2.05) is 23.9 Å². The summed E-state index contributed by atoms with van der Waals surface area (Å²) in [4.78, 5) is 0. The molecule has 1 heterocycles. The first-order valence-electron chi connectivity index (χ1n) is 5.63. The minimum atomic E-state index is 0.471. The molecule has 0 bridgehead atoms. The van der Waals surface area contributed by atoms with Crippen LogP contribution in [0, 0.1) is 0 Å². The van der Waals surface area contributed by atoms with E-state index in [0.717, 1.165) is 5.56 Å². The van der Waals surface area contributed by atoms with Crippen molar-refractivity contribution in [3.63, 3.8) is 0 Å². The van der Waals surface area contributed by atoms with E-state index >= 15 is 0 Å². The molecule has 1 aliphatic rings. The summed E-state index contributed by atoms with van der Waals surface area (Å²) in [6.45, 7) is 4.38. The molecular weight excluding hydrogens is 204 g/mol. The van der Waals surface area contributed by atoms with Crippen LogP contribution in [-0.2, 0) is 0 Å². The van der Waals surface area contributed by atoms with Gasteiger partial charge in [0.1, 0.15) is 5.75 Å². The van der Waals surface area contributed by atoms with Gasteiger partial charge in [0, 0.05) is 10.8 Å². The molecule has 15 heavy (non-hydrogen) atoms. The van der Waals surface area contributed by atoms with Gasteiger partial charge in [0.15, 0.2) is 0 Å². The van der Waals surface area contributed by atoms with Gasteiger partial charge in [-0.05, 0) is 36.1 Å². The van der Waals surface area contributed by atoms with E-state index in [9.17, 15) is 5.11 Å². The van der Waals surface area contributed by atoms with Crippen molar-refractivity contribution in [3.05, 3.63) is 29.3 Å². The molecule has 1 nitrogen and oxygen atoms in total. The van der Waals surface area contributed by atoms with Gasteiger partial charge in [-0.25, -0.2) is 0 Å². The molecular formula is C13H18OS. The van der Waals surface area contributed by atoms with Gasteiger partial charge in [-0.3, -0.25) is 0 Å². The second kappa shape index (κ2) is 4.48. The second-order valence-corrected chi connectivity index (χ2v) is 5.79. The average Bonchev–Trinajstić information content (AvgIpc) is 2.71. The first-order chi connectivity index (χ1) is 7.18. The zero-order chi connectivity index (χ0) is 10.8. The monoisotopic (exact) mass is 222 g/mol. The normalized spacial score (nSPS) is 21.1. The van der Waals surface area contributed by atoms with Gasteiger partial charge in [-0.15, -0.1) is 0 Å². The Balaban J connectivity index is 2.31. The maximum Gasteiger partial charge on any atom is 0.119 e. The summed E-state index contributed by atoms with van der Waals surface area (Å²) in [5.41, 5.74) is 2.47. The fourth-order valence-electron chi connectivity index (χ4n) is 2.01. The molecule has 1 atom stereocenters. The second-order valence-electron chi connectivity index (χ2n) is 4.47. The molecule has 0 amide bonds. The first-order valence-corrected chi connectivity index (χ1v) is 6.68. The smallest absolute Gasteiger partial charge is 0.119 e. The molecule has 0 radical (unpaired) electrons. The van der Waals surface area contributed by atoms with Crippen molar-refractivity contribution < 1.29 is 5.11 Å². The van der Waals surface area contributed by atoms with Crippen LogP contribution in [0.25, 0.3) is 0 Å². The van der Waals surface area contributed by atoms with Crippen molar-refractivity contribution in [1.82, 2.24) is 0 Å². The number of phenols is 1. The molecule has 0 spiro atoms. The van der Waals surface area contributed by atoms with Crippen LogP contribution < -0.4 is 0 Å². The Labute approximate surface area is 95.9 Å². The Hall–Kier alpha value is -0.630. The van der Waals surface area contributed by atoms with E-state index in [1.165, 1.54) is 24.2 Å². The first kappa shape index (κ1) is 10.9. The number of hydrogen-bond donors (Lipinski definition) is 1. The fourth-order valence-corrected chi connectivity index (χ4v) is 3.33. The third-order valence-electron chi connectivity index (χ3n) is 2.99. The van der Waals surface area contributed by atoms with Crippen LogP contribution in [0.4, 0.5) is 0 Å². The average molecular weight is 222 g/mol. The standard InChI is InChI=1S/C13H18OS/c1-9(2)10-5-6-12(14)11(8-10)13-4-3-7-15-13/h5-6,8-9,13-14H,3-4,7H2,1-2H3. The zero-order valence-electron chi connectivity index (χ0n) is 9.36. The van der Waals surface area contributed by atoms with Gasteiger partial charge >= 0.3 is 0 Å². The van der Waals surface area contributed by atoms with E-state index in [-0.39, 0.29) is 0 Å². The van der Waals surface area contributed by atoms with Crippen LogP contribution in [0.2, 0.25) is 0 Å². The molecule has 1 aliphatic heterocycles. The summed E-state index contributed by atoms with van der Waals surface area (Å²) in [7, 11) is 0. The van der Waals surface area contributed by atoms with E-state index in [4.69, 9.17) is 0 Å². The molecule has 0 aromatic heterocycles. The molecule has 1 N–H and O–H groups in total. The highest BCUT2D eigenvalue weighted by Crippen LogP contribution is 2.43. The number of aromatic hydroxyl groups is 1. The van der Waals surface area contributed by atoms with Gasteiger partial charge in [0.25, 0.3) is 0 Å². The molecule has 1 aromatic carbocycles. The maximum atomic E-state index is 9.86. The molecule has 2 heteroatoms. The van der Waals surface area contributed by atoms with Crippen molar-refractivity contribution in [2.45, 2.75) is 37.9 Å². The SMILES string of the molecule is CC(C)c1ccc(O)c(C2CCCS2)c1. The highest BCUT2D eigenvalue weighted by atomic mass is 32.2. The van der Waals surface area contributed by atoms with E-state index < -0.39 is 0 Å². The molecule has 1 unspecified atom stereocenters. The summed E-state index contributed by atoms with van der Waals surface area (Å²) >= 11 is 1.97. The lowest BCUT2D eigenvalue weighted by molar-refractivity contribution is 0.466. The quantitative estimate of drug-likeness (QED) is 0.813. The van der Waals surface area contributed by atoms with Crippen molar-refractivity contribution in [2.75, 3.05) is 5.75 Å². The van der Waals surface area contributed by atoms with Crippen molar-refractivity contribution in [3.8, 4) is 5.75 Å². The van der Waals surface area contributed by atoms with Crippen LogP contribution >= 0.6 is 11.8 Å². The third kappa shape index (κ3) is 2.31. The Morgan fingerprint density at radius 3 is 2.80 bits per heavy atom. The summed E-state index contributed by atoms with van der Waals surface area (Å²) in [5, 5.41) is 10.4. The van der Waals surface area contributed by atoms with E-state index in [0.29, 0.717) is 16.9 Å². The van der Waals surface area contributed by atoms with Gasteiger partial charge in [-0.1, -0.05) is 26.0 Å². The minimum Gasteiger partial charge on any atom is -0.508 e. The molecule has 2 rings (SSSR count). The summed E-state index contributed by atoms with van der Waals surface area (Å²) in [5.74, 6) is 2.24. The Morgan fingerprint density at radius 1 is 1.40 bits per heavy atom. The lowest BCUT2D eigenvalue weighted by Gasteiger charge is -2.14. The van der Waals surface area contributed by atoms with Gasteiger partial charge < -0.3 is 5.11 Å². The Bertz CT molecular complexity index is 340. The highest BCUT2D eigenvalue weighted by molar-refractivity contribution is 7.99. The van der Waals surface area contributed by atoms with Gasteiger partial charge in [0.05, 0.1) is 0 Å². The topological polar surface area (TPSA) is 20.2 Å². The van der Waals surface area contributed by atoms with E-state index in [2.05, 4.69) is 19.9 Å². The van der Waals surface area contributed by atoms with Crippen LogP contribution in [0.3, 0.4) is 0 Å². The lowest BCUT2D eigenvalue weighted by atomic mass is 9.98. The van der Waals surface area contributed by atoms with E-state index in [1.54, 1.807) is 0 Å². The number of phenolic OH excluding ortho intramolecular Hbond substituents is 1. The Morgan fingerprint density at radius 2 is 2.20 bits per heavy atom. The predicted octanol–water partition coefficient (Wildman–Crippen LogP) is 4.08. The number of hydrogen-bond acceptors (Lipinski definition) is 2. The predicted molar refractivity (Wildman–Crippen MR) is 66.6 cm³/mol. The minimum absolute atomic E-state index is 0.471. The molecule has 82 valence electrons. The maximum absolute atomic E-state index is 9.86. The molecule has 0 aliphatic carbocycles. The molecule has 1 fully saturated rings. The van der Waals surface area contributed by atoms with Crippen LogP contribution in [0.15, 0.2) is 18.2 Å². The highest BCUT2D eigenvalue weighted by Gasteiger charge is 2.21. The van der Waals surface area contributed by atoms with Crippen molar-refractivity contribution >= 4 is 11.8 Å². The summed E-state index contributed by atoms with van der Waals surface area (Å²) in [6.07, 6.45) is 2.49. The van der Waals surface area contributed by atoms with Crippen LogP contribution in [0.5, 0.6) is 5.75 Å². The Kier molecular flexibility index (Phi) is 3.25. The molecule has 0 saturated carbocycles. The fraction of sp³-hybridized carbons (Fsp3) is 0.538. The largest absolute Gasteiger partial charge is 0.508 e. The molecule has 1 aromatic rings. The summed E-state index contributed by atoms with van der Waals surface area (Å²) in [6, 6.07) is 6.07. The van der Waals surface area contributed by atoms with Gasteiger partial charge in [0.2, 0.25) is 0 Å². The number of benzene rings is 1. The molecule has 1 saturated heterocycles. The van der Waals surface area contributed by atoms with Gasteiger partial charge in [-0.2, -0.15) is 11.8 Å². The van der Waals surface area contributed by atoms with Crippen molar-refractivity contribution in [2.24, 2.45) is 0 Å². The van der Waals surface area contributed by atoms with Crippen LogP contribution in [0.1, 0.15) is 49.0 Å². The zero-order valence-corrected chi connectivity index (χ0v) is 10.2. The number of rotatable bonds is 2. The number of thioether (sulfide) groups is 1. The van der Waals surface area contributed by atoms with Crippen LogP contribution in [-0.4, -0.2) is 10.9 Å². The third-order valence-corrected chi connectivity index (χ3v) is 4.41. The summed E-state index contributed by atoms with van der Waals surface area (Å²) < 4.78 is 0. The van der Waals surface area contributed by atoms with Crippen molar-refractivity contribution in [1.29, 1.82) is 0 Å².